The fourth-order valence-electron chi connectivity index (χ4n) is 8.17. The van der Waals surface area contributed by atoms with Gasteiger partial charge in [0.05, 0.1) is 22.8 Å². The third kappa shape index (κ3) is 4.55. The number of H-pyrrole nitrogens is 2. The van der Waals surface area contributed by atoms with Crippen molar-refractivity contribution >= 4 is 89.5 Å². The van der Waals surface area contributed by atoms with E-state index in [-0.39, 0.29) is 0 Å². The van der Waals surface area contributed by atoms with Crippen LogP contribution in [0.3, 0.4) is 0 Å². The Labute approximate surface area is 299 Å². The second kappa shape index (κ2) is 11.2. The van der Waals surface area contributed by atoms with E-state index in [0.717, 1.165) is 67.1 Å². The topological polar surface area (TPSA) is 57.4 Å². The zero-order chi connectivity index (χ0) is 34.2. The van der Waals surface area contributed by atoms with Crippen molar-refractivity contribution in [3.8, 4) is 22.3 Å². The van der Waals surface area contributed by atoms with E-state index in [2.05, 4.69) is 180 Å². The van der Waals surface area contributed by atoms with Gasteiger partial charge in [-0.3, -0.25) is 0 Å². The van der Waals surface area contributed by atoms with Gasteiger partial charge < -0.3 is 9.97 Å². The summed E-state index contributed by atoms with van der Waals surface area (Å²) in [7, 11) is 0. The Morgan fingerprint density at radius 1 is 0.327 bits per heavy atom. The van der Waals surface area contributed by atoms with E-state index in [9.17, 15) is 0 Å². The van der Waals surface area contributed by atoms with E-state index >= 15 is 0 Å². The summed E-state index contributed by atoms with van der Waals surface area (Å²) in [6.45, 7) is 0. The zero-order valence-corrected chi connectivity index (χ0v) is 28.1. The standard InChI is InChI=1S/C48H30N4/c1-5-13-37-29(9-1)25-30-10-2-6-14-38(30)45(37)47-41-21-19-35(50-41)27-33-17-18-34(49-33)28-36-20-22-42(51-36)48(44-24-23-43(47)52-44)46-39-15-7-3-11-31(39)26-32-12-4-8-16-40(32)46/h1-28,50-51H. The van der Waals surface area contributed by atoms with E-state index in [4.69, 9.17) is 9.97 Å². The Balaban J connectivity index is 1.36. The molecule has 0 atom stereocenters. The molecule has 0 spiro atoms. The van der Waals surface area contributed by atoms with E-state index in [0.29, 0.717) is 0 Å². The molecule has 8 bridgehead atoms. The van der Waals surface area contributed by atoms with Gasteiger partial charge in [0.25, 0.3) is 0 Å². The van der Waals surface area contributed by atoms with Gasteiger partial charge >= 0.3 is 0 Å². The molecule has 242 valence electrons. The maximum Gasteiger partial charge on any atom is 0.0737 e. The van der Waals surface area contributed by atoms with Crippen LogP contribution < -0.4 is 0 Å². The molecule has 4 heteroatoms. The highest BCUT2D eigenvalue weighted by Gasteiger charge is 2.21. The Hall–Kier alpha value is -7.04. The predicted octanol–water partition coefficient (Wildman–Crippen LogP) is 12.6. The molecule has 0 saturated carbocycles. The number of benzene rings is 6. The number of aromatic nitrogens is 4. The van der Waals surface area contributed by atoms with Crippen LogP contribution in [0.4, 0.5) is 0 Å². The average Bonchev–Trinajstić information content (AvgIpc) is 4.02. The van der Waals surface area contributed by atoms with Crippen molar-refractivity contribution in [1.29, 1.82) is 0 Å². The number of rotatable bonds is 2. The van der Waals surface area contributed by atoms with Crippen LogP contribution in [0.15, 0.2) is 146 Å². The summed E-state index contributed by atoms with van der Waals surface area (Å²) in [5, 5.41) is 9.52. The van der Waals surface area contributed by atoms with Crippen LogP contribution in [0.2, 0.25) is 0 Å². The van der Waals surface area contributed by atoms with Gasteiger partial charge in [-0.1, -0.05) is 97.1 Å². The van der Waals surface area contributed by atoms with Crippen LogP contribution in [-0.2, 0) is 0 Å². The van der Waals surface area contributed by atoms with Gasteiger partial charge in [0.15, 0.2) is 0 Å². The fraction of sp³-hybridized carbons (Fsp3) is 0. The quantitative estimate of drug-likeness (QED) is 0.181. The molecule has 9 aromatic rings. The van der Waals surface area contributed by atoms with Crippen molar-refractivity contribution in [3.63, 3.8) is 0 Å². The molecular formula is C48H30N4. The molecule has 0 aliphatic carbocycles. The van der Waals surface area contributed by atoms with Gasteiger partial charge in [0, 0.05) is 44.3 Å². The lowest BCUT2D eigenvalue weighted by Crippen LogP contribution is -1.92. The normalized spacial score (nSPS) is 12.5. The van der Waals surface area contributed by atoms with Gasteiger partial charge in [-0.2, -0.15) is 0 Å². The van der Waals surface area contributed by atoms with Gasteiger partial charge in [0.1, 0.15) is 0 Å². The third-order valence-corrected chi connectivity index (χ3v) is 10.4. The predicted molar refractivity (Wildman–Crippen MR) is 220 cm³/mol. The first kappa shape index (κ1) is 28.8. The molecule has 2 aliphatic heterocycles. The number of aromatic amines is 2. The SMILES string of the molecule is C1=Cc2cc3ccc([nH]3)c(-c3c4ccccc4cc4ccccc34)c3nc(c(-c4c5ccccc5cc5ccccc45)c4ccc(cc1n2)[nH]4)C=C3. The number of hydrogen-bond acceptors (Lipinski definition) is 2. The van der Waals surface area contributed by atoms with Crippen LogP contribution in [0.1, 0.15) is 22.8 Å². The van der Waals surface area contributed by atoms with Gasteiger partial charge in [0.2, 0.25) is 0 Å². The summed E-state index contributed by atoms with van der Waals surface area (Å²) in [6, 6.07) is 52.1. The average molecular weight is 663 g/mol. The Kier molecular flexibility index (Phi) is 6.22. The summed E-state index contributed by atoms with van der Waals surface area (Å²) in [6.07, 6.45) is 8.53. The Morgan fingerprint density at radius 2 is 0.712 bits per heavy atom. The monoisotopic (exact) mass is 662 g/mol. The highest BCUT2D eigenvalue weighted by molar-refractivity contribution is 6.18. The zero-order valence-electron chi connectivity index (χ0n) is 28.1. The Bertz CT molecular complexity index is 2870. The highest BCUT2D eigenvalue weighted by Crippen LogP contribution is 2.43. The van der Waals surface area contributed by atoms with Crippen molar-refractivity contribution in [2.24, 2.45) is 0 Å². The molecular weight excluding hydrogens is 633 g/mol. The second-order valence-electron chi connectivity index (χ2n) is 13.6. The summed E-state index contributed by atoms with van der Waals surface area (Å²) in [5.74, 6) is 0. The van der Waals surface area contributed by atoms with E-state index in [1.54, 1.807) is 0 Å². The molecule has 11 rings (SSSR count). The van der Waals surface area contributed by atoms with Crippen LogP contribution in [0, 0.1) is 0 Å². The second-order valence-corrected chi connectivity index (χ2v) is 13.6. The van der Waals surface area contributed by atoms with Crippen molar-refractivity contribution in [1.82, 2.24) is 19.9 Å². The first-order chi connectivity index (χ1) is 25.7. The van der Waals surface area contributed by atoms with Crippen LogP contribution in [-0.4, -0.2) is 19.9 Å². The maximum absolute atomic E-state index is 5.61. The minimum absolute atomic E-state index is 0.902. The summed E-state index contributed by atoms with van der Waals surface area (Å²) < 4.78 is 0. The summed E-state index contributed by atoms with van der Waals surface area (Å²) in [4.78, 5) is 18.1. The minimum atomic E-state index is 0.902. The van der Waals surface area contributed by atoms with Crippen LogP contribution in [0.5, 0.6) is 0 Å². The summed E-state index contributed by atoms with van der Waals surface area (Å²) in [5.41, 5.74) is 12.0. The van der Waals surface area contributed by atoms with Crippen molar-refractivity contribution < 1.29 is 0 Å². The first-order valence-electron chi connectivity index (χ1n) is 17.7. The lowest BCUT2D eigenvalue weighted by molar-refractivity contribution is 1.31. The van der Waals surface area contributed by atoms with Gasteiger partial charge in [-0.05, 0) is 116 Å². The largest absolute Gasteiger partial charge is 0.355 e. The molecule has 0 fully saturated rings. The Morgan fingerprint density at radius 3 is 1.12 bits per heavy atom. The van der Waals surface area contributed by atoms with Crippen molar-refractivity contribution in [3.05, 3.63) is 168 Å². The number of hydrogen-bond donors (Lipinski definition) is 2. The lowest BCUT2D eigenvalue weighted by atomic mass is 9.91. The number of nitrogens with zero attached hydrogens (tertiary/aromatic N) is 2. The molecule has 4 nitrogen and oxygen atoms in total. The number of nitrogens with one attached hydrogen (secondary N) is 2. The molecule has 2 N–H and O–H groups in total. The van der Waals surface area contributed by atoms with Crippen LogP contribution in [0.25, 0.3) is 112 Å². The first-order valence-corrected chi connectivity index (χ1v) is 17.7. The molecule has 2 aliphatic rings. The molecule has 0 radical (unpaired) electrons. The van der Waals surface area contributed by atoms with E-state index < -0.39 is 0 Å². The molecule has 0 unspecified atom stereocenters. The molecule has 5 heterocycles. The van der Waals surface area contributed by atoms with Crippen molar-refractivity contribution in [2.45, 2.75) is 0 Å². The van der Waals surface area contributed by atoms with E-state index in [1.165, 1.54) is 43.1 Å². The molecule has 0 amide bonds. The van der Waals surface area contributed by atoms with Gasteiger partial charge in [-0.15, -0.1) is 0 Å². The molecule has 3 aromatic heterocycles. The maximum atomic E-state index is 5.61. The van der Waals surface area contributed by atoms with Gasteiger partial charge in [-0.25, -0.2) is 9.97 Å². The smallest absolute Gasteiger partial charge is 0.0737 e. The van der Waals surface area contributed by atoms with Crippen molar-refractivity contribution in [2.75, 3.05) is 0 Å². The summed E-state index contributed by atoms with van der Waals surface area (Å²) >= 11 is 0. The molecule has 52 heavy (non-hydrogen) atoms. The van der Waals surface area contributed by atoms with E-state index in [1.807, 2.05) is 0 Å². The highest BCUT2D eigenvalue weighted by atomic mass is 14.8. The number of fused-ring (bicyclic) bond motifs is 12. The molecule has 6 aromatic carbocycles. The molecule has 0 saturated heterocycles. The third-order valence-electron chi connectivity index (χ3n) is 10.4. The fourth-order valence-corrected chi connectivity index (χ4v) is 8.17. The lowest BCUT2D eigenvalue weighted by Gasteiger charge is -2.14. The minimum Gasteiger partial charge on any atom is -0.355 e. The van der Waals surface area contributed by atoms with Crippen LogP contribution >= 0.6 is 0 Å².